The van der Waals surface area contributed by atoms with E-state index in [4.69, 9.17) is 17.3 Å². The number of alkyl halides is 1. The predicted octanol–water partition coefficient (Wildman–Crippen LogP) is 2.18. The molecule has 0 heterocycles. The zero-order valence-electron chi connectivity index (χ0n) is 6.63. The third kappa shape index (κ3) is 2.80. The summed E-state index contributed by atoms with van der Waals surface area (Å²) in [6.45, 7) is 0.0721. The van der Waals surface area contributed by atoms with Crippen molar-refractivity contribution in [2.75, 3.05) is 6.54 Å². The summed E-state index contributed by atoms with van der Waals surface area (Å²) in [5.41, 5.74) is 6.08. The summed E-state index contributed by atoms with van der Waals surface area (Å²) >= 11 is 5.66. The van der Waals surface area contributed by atoms with Gasteiger partial charge in [0, 0.05) is 18.0 Å². The summed E-state index contributed by atoms with van der Waals surface area (Å²) in [6, 6.07) is 7.12. The van der Waals surface area contributed by atoms with E-state index in [-0.39, 0.29) is 6.54 Å². The van der Waals surface area contributed by atoms with Crippen LogP contribution < -0.4 is 5.73 Å². The summed E-state index contributed by atoms with van der Waals surface area (Å²) in [7, 11) is 0. The summed E-state index contributed by atoms with van der Waals surface area (Å²) in [4.78, 5) is 0. The lowest BCUT2D eigenvalue weighted by Crippen LogP contribution is -2.17. The Morgan fingerprint density at radius 3 is 2.42 bits per heavy atom. The number of benzene rings is 1. The summed E-state index contributed by atoms with van der Waals surface area (Å²) < 4.78 is 12.8. The molecule has 1 aromatic carbocycles. The molecule has 1 aromatic rings. The fourth-order valence-electron chi connectivity index (χ4n) is 0.960. The maximum Gasteiger partial charge on any atom is 0.116 e. The van der Waals surface area contributed by atoms with Crippen molar-refractivity contribution in [3.63, 3.8) is 0 Å². The molecular weight excluding hydrogens is 177 g/mol. The summed E-state index contributed by atoms with van der Waals surface area (Å²) in [5, 5.41) is 0.668. The van der Waals surface area contributed by atoms with E-state index in [0.717, 1.165) is 5.56 Å². The van der Waals surface area contributed by atoms with Gasteiger partial charge in [0.05, 0.1) is 0 Å². The van der Waals surface area contributed by atoms with Crippen LogP contribution in [0.4, 0.5) is 4.39 Å². The fraction of sp³-hybridized carbons (Fsp3) is 0.333. The van der Waals surface area contributed by atoms with Crippen molar-refractivity contribution in [2.45, 2.75) is 12.6 Å². The van der Waals surface area contributed by atoms with Gasteiger partial charge in [0.2, 0.25) is 0 Å². The van der Waals surface area contributed by atoms with Crippen LogP contribution in [-0.2, 0) is 6.42 Å². The number of hydrogen-bond acceptors (Lipinski definition) is 1. The van der Waals surface area contributed by atoms with Crippen LogP contribution in [0.3, 0.4) is 0 Å². The third-order valence-corrected chi connectivity index (χ3v) is 1.88. The molecule has 1 atom stereocenters. The standard InChI is InChI=1S/C9H11ClFN/c10-8-3-1-7(2-4-8)5-9(11)6-12/h1-4,9H,5-6,12H2/t9-/m1/s1. The van der Waals surface area contributed by atoms with Crippen molar-refractivity contribution in [2.24, 2.45) is 5.73 Å². The molecule has 12 heavy (non-hydrogen) atoms. The molecule has 66 valence electrons. The fourth-order valence-corrected chi connectivity index (χ4v) is 1.09. The lowest BCUT2D eigenvalue weighted by molar-refractivity contribution is 0.340. The van der Waals surface area contributed by atoms with Crippen molar-refractivity contribution in [3.8, 4) is 0 Å². The van der Waals surface area contributed by atoms with Crippen molar-refractivity contribution < 1.29 is 4.39 Å². The molecule has 2 N–H and O–H groups in total. The normalized spacial score (nSPS) is 12.9. The topological polar surface area (TPSA) is 26.0 Å². The van der Waals surface area contributed by atoms with Crippen LogP contribution in [0.2, 0.25) is 5.02 Å². The number of halogens is 2. The van der Waals surface area contributed by atoms with Gasteiger partial charge in [-0.1, -0.05) is 23.7 Å². The Labute approximate surface area is 76.3 Å². The molecule has 0 unspecified atom stereocenters. The first-order valence-electron chi connectivity index (χ1n) is 3.81. The second-order valence-electron chi connectivity index (χ2n) is 2.66. The van der Waals surface area contributed by atoms with Crippen LogP contribution in [0.25, 0.3) is 0 Å². The molecule has 0 fully saturated rings. The highest BCUT2D eigenvalue weighted by molar-refractivity contribution is 6.30. The van der Waals surface area contributed by atoms with Crippen LogP contribution in [0, 0.1) is 0 Å². The number of rotatable bonds is 3. The molecule has 1 rings (SSSR count). The van der Waals surface area contributed by atoms with Crippen molar-refractivity contribution in [3.05, 3.63) is 34.9 Å². The molecule has 0 aliphatic rings. The van der Waals surface area contributed by atoms with Gasteiger partial charge in [0.1, 0.15) is 6.17 Å². The van der Waals surface area contributed by atoms with Crippen LogP contribution in [0.5, 0.6) is 0 Å². The molecule has 0 amide bonds. The SMILES string of the molecule is NC[C@H](F)Cc1ccc(Cl)cc1. The minimum atomic E-state index is -0.953. The van der Waals surface area contributed by atoms with E-state index in [0.29, 0.717) is 11.4 Å². The average Bonchev–Trinajstić information content (AvgIpc) is 2.09. The lowest BCUT2D eigenvalue weighted by atomic mass is 10.1. The van der Waals surface area contributed by atoms with Gasteiger partial charge >= 0.3 is 0 Å². The Hall–Kier alpha value is -0.600. The average molecular weight is 188 g/mol. The smallest absolute Gasteiger partial charge is 0.116 e. The summed E-state index contributed by atoms with van der Waals surface area (Å²) in [5.74, 6) is 0. The van der Waals surface area contributed by atoms with Gasteiger partial charge in [-0.3, -0.25) is 0 Å². The highest BCUT2D eigenvalue weighted by Crippen LogP contribution is 2.11. The van der Waals surface area contributed by atoms with Crippen LogP contribution in [-0.4, -0.2) is 12.7 Å². The van der Waals surface area contributed by atoms with E-state index in [1.54, 1.807) is 12.1 Å². The Morgan fingerprint density at radius 2 is 1.92 bits per heavy atom. The van der Waals surface area contributed by atoms with Gasteiger partial charge in [-0.15, -0.1) is 0 Å². The van der Waals surface area contributed by atoms with Gasteiger partial charge in [0.25, 0.3) is 0 Å². The molecule has 0 radical (unpaired) electrons. The molecule has 0 aliphatic carbocycles. The summed E-state index contributed by atoms with van der Waals surface area (Å²) in [6.07, 6.45) is -0.584. The quantitative estimate of drug-likeness (QED) is 0.772. The number of hydrogen-bond donors (Lipinski definition) is 1. The zero-order chi connectivity index (χ0) is 8.97. The van der Waals surface area contributed by atoms with E-state index >= 15 is 0 Å². The van der Waals surface area contributed by atoms with Gasteiger partial charge in [-0.25, -0.2) is 4.39 Å². The minimum absolute atomic E-state index is 0.0721. The molecule has 0 bridgehead atoms. The second-order valence-corrected chi connectivity index (χ2v) is 3.10. The van der Waals surface area contributed by atoms with E-state index < -0.39 is 6.17 Å². The highest BCUT2D eigenvalue weighted by Gasteiger charge is 2.03. The molecule has 1 nitrogen and oxygen atoms in total. The highest BCUT2D eigenvalue weighted by atomic mass is 35.5. The molecule has 0 aromatic heterocycles. The first-order chi connectivity index (χ1) is 5.72. The predicted molar refractivity (Wildman–Crippen MR) is 49.1 cm³/mol. The van der Waals surface area contributed by atoms with E-state index in [1.165, 1.54) is 0 Å². The van der Waals surface area contributed by atoms with Crippen LogP contribution >= 0.6 is 11.6 Å². The maximum absolute atomic E-state index is 12.8. The maximum atomic E-state index is 12.8. The van der Waals surface area contributed by atoms with E-state index in [9.17, 15) is 4.39 Å². The van der Waals surface area contributed by atoms with Crippen LogP contribution in [0.15, 0.2) is 24.3 Å². The van der Waals surface area contributed by atoms with Gasteiger partial charge in [0.15, 0.2) is 0 Å². The molecule has 0 spiro atoms. The first-order valence-corrected chi connectivity index (χ1v) is 4.18. The van der Waals surface area contributed by atoms with Crippen molar-refractivity contribution in [1.29, 1.82) is 0 Å². The molecule has 0 saturated heterocycles. The third-order valence-electron chi connectivity index (χ3n) is 1.63. The Balaban J connectivity index is 2.58. The minimum Gasteiger partial charge on any atom is -0.328 e. The van der Waals surface area contributed by atoms with Crippen LogP contribution in [0.1, 0.15) is 5.56 Å². The lowest BCUT2D eigenvalue weighted by Gasteiger charge is -2.04. The van der Waals surface area contributed by atoms with E-state index in [1.807, 2.05) is 12.1 Å². The Bertz CT molecular complexity index is 235. The van der Waals surface area contributed by atoms with Gasteiger partial charge in [-0.2, -0.15) is 0 Å². The van der Waals surface area contributed by atoms with Gasteiger partial charge < -0.3 is 5.73 Å². The number of nitrogens with two attached hydrogens (primary N) is 1. The zero-order valence-corrected chi connectivity index (χ0v) is 7.39. The largest absolute Gasteiger partial charge is 0.328 e. The monoisotopic (exact) mass is 187 g/mol. The van der Waals surface area contributed by atoms with Gasteiger partial charge in [-0.05, 0) is 17.7 Å². The second kappa shape index (κ2) is 4.43. The molecule has 0 aliphatic heterocycles. The first kappa shape index (κ1) is 9.49. The Morgan fingerprint density at radius 1 is 1.33 bits per heavy atom. The van der Waals surface area contributed by atoms with Crippen molar-refractivity contribution >= 4 is 11.6 Å². The Kier molecular flexibility index (Phi) is 3.50. The molecule has 0 saturated carbocycles. The van der Waals surface area contributed by atoms with E-state index in [2.05, 4.69) is 0 Å². The molecular formula is C9H11ClFN. The molecule has 3 heteroatoms. The van der Waals surface area contributed by atoms with Crippen molar-refractivity contribution in [1.82, 2.24) is 0 Å².